The van der Waals surface area contributed by atoms with E-state index in [1.807, 2.05) is 20.8 Å². The van der Waals surface area contributed by atoms with Crippen LogP contribution in [0.3, 0.4) is 0 Å². The van der Waals surface area contributed by atoms with E-state index in [-0.39, 0.29) is 6.10 Å². The third-order valence-electron chi connectivity index (χ3n) is 2.51. The third-order valence-corrected chi connectivity index (χ3v) is 2.51. The number of ether oxygens (including phenoxy) is 1. The second-order valence-corrected chi connectivity index (χ2v) is 4.71. The SMILES string of the molecule is CCCNCc1c(C)cc(C)nc1OC(C)C. The number of aromatic nitrogens is 1. The molecule has 0 unspecified atom stereocenters. The van der Waals surface area contributed by atoms with Crippen LogP contribution < -0.4 is 10.1 Å². The Morgan fingerprint density at radius 3 is 2.65 bits per heavy atom. The molecule has 96 valence electrons. The Bertz CT molecular complexity index is 361. The van der Waals surface area contributed by atoms with Crippen molar-refractivity contribution >= 4 is 0 Å². The van der Waals surface area contributed by atoms with Gasteiger partial charge in [0.15, 0.2) is 0 Å². The Morgan fingerprint density at radius 2 is 2.06 bits per heavy atom. The Balaban J connectivity index is 2.90. The maximum absolute atomic E-state index is 5.79. The highest BCUT2D eigenvalue weighted by Crippen LogP contribution is 2.21. The van der Waals surface area contributed by atoms with Gasteiger partial charge in [-0.15, -0.1) is 0 Å². The van der Waals surface area contributed by atoms with Crippen molar-refractivity contribution in [2.45, 2.75) is 53.7 Å². The van der Waals surface area contributed by atoms with E-state index in [0.29, 0.717) is 0 Å². The molecule has 0 atom stereocenters. The van der Waals surface area contributed by atoms with Crippen molar-refractivity contribution in [2.24, 2.45) is 0 Å². The van der Waals surface area contributed by atoms with E-state index >= 15 is 0 Å². The molecule has 0 radical (unpaired) electrons. The first-order chi connectivity index (χ1) is 8.04. The molecular weight excluding hydrogens is 212 g/mol. The number of nitrogens with zero attached hydrogens (tertiary/aromatic N) is 1. The summed E-state index contributed by atoms with van der Waals surface area (Å²) in [7, 11) is 0. The zero-order chi connectivity index (χ0) is 12.8. The highest BCUT2D eigenvalue weighted by molar-refractivity contribution is 5.36. The van der Waals surface area contributed by atoms with E-state index in [4.69, 9.17) is 4.74 Å². The first kappa shape index (κ1) is 14.0. The van der Waals surface area contributed by atoms with Gasteiger partial charge in [-0.25, -0.2) is 4.98 Å². The average Bonchev–Trinajstić information content (AvgIpc) is 2.21. The summed E-state index contributed by atoms with van der Waals surface area (Å²) in [6, 6.07) is 2.11. The minimum Gasteiger partial charge on any atom is -0.475 e. The van der Waals surface area contributed by atoms with Crippen molar-refractivity contribution in [3.63, 3.8) is 0 Å². The van der Waals surface area contributed by atoms with Gasteiger partial charge in [0.2, 0.25) is 5.88 Å². The van der Waals surface area contributed by atoms with Gasteiger partial charge in [-0.2, -0.15) is 0 Å². The zero-order valence-electron chi connectivity index (χ0n) is 11.6. The van der Waals surface area contributed by atoms with Crippen LogP contribution in [0.5, 0.6) is 5.88 Å². The topological polar surface area (TPSA) is 34.2 Å². The van der Waals surface area contributed by atoms with Crippen molar-refractivity contribution < 1.29 is 4.74 Å². The molecule has 3 heteroatoms. The standard InChI is InChI=1S/C14H24N2O/c1-6-7-15-9-13-11(4)8-12(5)16-14(13)17-10(2)3/h8,10,15H,6-7,9H2,1-5H3. The van der Waals surface area contributed by atoms with Crippen LogP contribution in [0.2, 0.25) is 0 Å². The first-order valence-electron chi connectivity index (χ1n) is 6.39. The van der Waals surface area contributed by atoms with Crippen molar-refractivity contribution in [3.8, 4) is 5.88 Å². The second-order valence-electron chi connectivity index (χ2n) is 4.71. The lowest BCUT2D eigenvalue weighted by atomic mass is 10.1. The summed E-state index contributed by atoms with van der Waals surface area (Å²) < 4.78 is 5.79. The molecule has 0 amide bonds. The third kappa shape index (κ3) is 4.35. The molecule has 0 bridgehead atoms. The smallest absolute Gasteiger partial charge is 0.218 e. The van der Waals surface area contributed by atoms with Gasteiger partial charge in [-0.1, -0.05) is 6.92 Å². The Hall–Kier alpha value is -1.09. The summed E-state index contributed by atoms with van der Waals surface area (Å²) in [5, 5.41) is 3.41. The number of pyridine rings is 1. The molecule has 1 heterocycles. The largest absolute Gasteiger partial charge is 0.475 e. The minimum atomic E-state index is 0.161. The summed E-state index contributed by atoms with van der Waals surface area (Å²) in [6.45, 7) is 12.2. The minimum absolute atomic E-state index is 0.161. The van der Waals surface area contributed by atoms with Crippen LogP contribution >= 0.6 is 0 Å². The van der Waals surface area contributed by atoms with Gasteiger partial charge in [0.25, 0.3) is 0 Å². The average molecular weight is 236 g/mol. The van der Waals surface area contributed by atoms with Crippen LogP contribution in [0, 0.1) is 13.8 Å². The fourth-order valence-corrected chi connectivity index (χ4v) is 1.75. The van der Waals surface area contributed by atoms with Crippen LogP contribution in [-0.4, -0.2) is 17.6 Å². The van der Waals surface area contributed by atoms with Gasteiger partial charge < -0.3 is 10.1 Å². The lowest BCUT2D eigenvalue weighted by Gasteiger charge is -2.16. The predicted molar refractivity (Wildman–Crippen MR) is 71.5 cm³/mol. The molecule has 0 aromatic carbocycles. The van der Waals surface area contributed by atoms with E-state index in [1.165, 1.54) is 11.1 Å². The second kappa shape index (κ2) is 6.60. The molecular formula is C14H24N2O. The molecule has 1 aromatic rings. The van der Waals surface area contributed by atoms with E-state index < -0.39 is 0 Å². The number of nitrogens with one attached hydrogen (secondary N) is 1. The van der Waals surface area contributed by atoms with Crippen LogP contribution in [0.15, 0.2) is 6.07 Å². The van der Waals surface area contributed by atoms with Gasteiger partial charge in [0.1, 0.15) is 0 Å². The van der Waals surface area contributed by atoms with E-state index in [0.717, 1.165) is 31.1 Å². The molecule has 1 rings (SSSR count). The van der Waals surface area contributed by atoms with Crippen LogP contribution in [0.4, 0.5) is 0 Å². The quantitative estimate of drug-likeness (QED) is 0.771. The van der Waals surface area contributed by atoms with Crippen LogP contribution in [0.1, 0.15) is 44.0 Å². The Kier molecular flexibility index (Phi) is 5.42. The van der Waals surface area contributed by atoms with Crippen LogP contribution in [0.25, 0.3) is 0 Å². The fraction of sp³-hybridized carbons (Fsp3) is 0.643. The monoisotopic (exact) mass is 236 g/mol. The number of hydrogen-bond donors (Lipinski definition) is 1. The molecule has 0 aliphatic carbocycles. The molecule has 0 aliphatic heterocycles. The van der Waals surface area contributed by atoms with Crippen molar-refractivity contribution in [2.75, 3.05) is 6.54 Å². The van der Waals surface area contributed by atoms with Crippen molar-refractivity contribution in [1.29, 1.82) is 0 Å². The predicted octanol–water partition coefficient (Wildman–Crippen LogP) is 2.99. The van der Waals surface area contributed by atoms with Crippen molar-refractivity contribution in [3.05, 3.63) is 22.9 Å². The molecule has 1 aromatic heterocycles. The molecule has 0 fully saturated rings. The van der Waals surface area contributed by atoms with Gasteiger partial charge in [-0.05, 0) is 52.3 Å². The van der Waals surface area contributed by atoms with Crippen molar-refractivity contribution in [1.82, 2.24) is 10.3 Å². The fourth-order valence-electron chi connectivity index (χ4n) is 1.75. The highest BCUT2D eigenvalue weighted by Gasteiger charge is 2.11. The normalized spacial score (nSPS) is 10.9. The zero-order valence-corrected chi connectivity index (χ0v) is 11.6. The summed E-state index contributed by atoms with van der Waals surface area (Å²) in [6.07, 6.45) is 1.30. The van der Waals surface area contributed by atoms with Gasteiger partial charge >= 0.3 is 0 Å². The number of rotatable bonds is 6. The Labute approximate surface area is 105 Å². The van der Waals surface area contributed by atoms with Gasteiger partial charge in [0.05, 0.1) is 6.10 Å². The maximum Gasteiger partial charge on any atom is 0.218 e. The van der Waals surface area contributed by atoms with E-state index in [9.17, 15) is 0 Å². The summed E-state index contributed by atoms with van der Waals surface area (Å²) in [5.74, 6) is 0.779. The first-order valence-corrected chi connectivity index (χ1v) is 6.39. The molecule has 1 N–H and O–H groups in total. The maximum atomic E-state index is 5.79. The van der Waals surface area contributed by atoms with E-state index in [2.05, 4.69) is 30.2 Å². The molecule has 17 heavy (non-hydrogen) atoms. The molecule has 0 saturated heterocycles. The summed E-state index contributed by atoms with van der Waals surface area (Å²) >= 11 is 0. The molecule has 0 aliphatic rings. The summed E-state index contributed by atoms with van der Waals surface area (Å²) in [4.78, 5) is 4.49. The Morgan fingerprint density at radius 1 is 1.35 bits per heavy atom. The molecule has 0 saturated carbocycles. The molecule has 3 nitrogen and oxygen atoms in total. The number of aryl methyl sites for hydroxylation is 2. The highest BCUT2D eigenvalue weighted by atomic mass is 16.5. The van der Waals surface area contributed by atoms with E-state index in [1.54, 1.807) is 0 Å². The number of hydrogen-bond acceptors (Lipinski definition) is 3. The lowest BCUT2D eigenvalue weighted by Crippen LogP contribution is -2.18. The van der Waals surface area contributed by atoms with Gasteiger partial charge in [-0.3, -0.25) is 0 Å². The summed E-state index contributed by atoms with van der Waals surface area (Å²) in [5.41, 5.74) is 3.44. The molecule has 0 spiro atoms. The van der Waals surface area contributed by atoms with Crippen LogP contribution in [-0.2, 0) is 6.54 Å². The lowest BCUT2D eigenvalue weighted by molar-refractivity contribution is 0.229. The van der Waals surface area contributed by atoms with Gasteiger partial charge in [0, 0.05) is 17.8 Å².